The number of urea groups is 1. The van der Waals surface area contributed by atoms with Crippen LogP contribution in [-0.2, 0) is 9.53 Å². The highest BCUT2D eigenvalue weighted by Gasteiger charge is 2.34. The van der Waals surface area contributed by atoms with Crippen molar-refractivity contribution in [1.82, 2.24) is 10.6 Å². The molecule has 2 amide bonds. The molecule has 0 aliphatic carbocycles. The number of carbonyl (C=O) groups excluding carboxylic acids is 2. The van der Waals surface area contributed by atoms with E-state index in [1.807, 2.05) is 31.2 Å². The van der Waals surface area contributed by atoms with Crippen molar-refractivity contribution in [3.05, 3.63) is 41.1 Å². The van der Waals surface area contributed by atoms with Crippen molar-refractivity contribution in [3.63, 3.8) is 0 Å². The Kier molecular flexibility index (Phi) is 8.17. The third-order valence-electron chi connectivity index (χ3n) is 4.65. The van der Waals surface area contributed by atoms with E-state index in [0.717, 1.165) is 18.4 Å². The Labute approximate surface area is 161 Å². The predicted molar refractivity (Wildman–Crippen MR) is 104 cm³/mol. The van der Waals surface area contributed by atoms with E-state index < -0.39 is 12.0 Å². The summed E-state index contributed by atoms with van der Waals surface area (Å²) in [5.41, 5.74) is 1.75. The number of unbranched alkanes of at least 4 members (excludes halogenated alkanes) is 4. The first-order valence-electron chi connectivity index (χ1n) is 9.72. The lowest BCUT2D eigenvalue weighted by Gasteiger charge is -2.29. The van der Waals surface area contributed by atoms with Gasteiger partial charge < -0.3 is 20.1 Å². The topological polar surface area (TPSA) is 76.7 Å². The third kappa shape index (κ3) is 5.49. The number of para-hydroxylation sites is 1. The normalized spacial score (nSPS) is 16.6. The first-order chi connectivity index (χ1) is 13.1. The lowest BCUT2D eigenvalue weighted by Crippen LogP contribution is -2.45. The molecule has 1 atom stereocenters. The summed E-state index contributed by atoms with van der Waals surface area (Å²) in [6.07, 6.45) is 6.29. The van der Waals surface area contributed by atoms with Crippen molar-refractivity contribution in [2.45, 2.75) is 58.4 Å². The second kappa shape index (κ2) is 10.6. The van der Waals surface area contributed by atoms with E-state index in [0.29, 0.717) is 30.0 Å². The Hall–Kier alpha value is -2.50. The van der Waals surface area contributed by atoms with Crippen LogP contribution < -0.4 is 15.4 Å². The molecule has 0 fully saturated rings. The highest BCUT2D eigenvalue weighted by molar-refractivity contribution is 5.95. The van der Waals surface area contributed by atoms with Gasteiger partial charge in [0.1, 0.15) is 5.75 Å². The van der Waals surface area contributed by atoms with Crippen molar-refractivity contribution in [1.29, 1.82) is 0 Å². The standard InChI is InChI=1S/C21H30N2O4/c1-4-6-7-8-11-14-27-17-13-10-9-12-15(17)19-18(20(24)26-3)16(5-2)22-21(25)23-19/h9-10,12-13,19H,4-8,11,14H2,1-3H3,(H2,22,23,25). The van der Waals surface area contributed by atoms with Crippen LogP contribution in [0.5, 0.6) is 5.75 Å². The molecule has 1 aromatic carbocycles. The lowest BCUT2D eigenvalue weighted by atomic mass is 9.93. The van der Waals surface area contributed by atoms with Gasteiger partial charge in [-0.3, -0.25) is 0 Å². The molecular weight excluding hydrogens is 344 g/mol. The summed E-state index contributed by atoms with van der Waals surface area (Å²) in [6.45, 7) is 4.69. The molecule has 6 heteroatoms. The molecule has 0 radical (unpaired) electrons. The summed E-state index contributed by atoms with van der Waals surface area (Å²) in [5.74, 6) is 0.218. The van der Waals surface area contributed by atoms with Crippen LogP contribution in [0.1, 0.15) is 64.0 Å². The molecule has 0 aromatic heterocycles. The van der Waals surface area contributed by atoms with E-state index in [9.17, 15) is 9.59 Å². The summed E-state index contributed by atoms with van der Waals surface area (Å²) in [4.78, 5) is 24.5. The SMILES string of the molecule is CCCCCCCOc1ccccc1C1NC(=O)NC(CC)=C1C(=O)OC. The van der Waals surface area contributed by atoms with Crippen molar-refractivity contribution >= 4 is 12.0 Å². The Morgan fingerprint density at radius 2 is 1.85 bits per heavy atom. The highest BCUT2D eigenvalue weighted by atomic mass is 16.5. The van der Waals surface area contributed by atoms with E-state index in [1.54, 1.807) is 0 Å². The predicted octanol–water partition coefficient (Wildman–Crippen LogP) is 4.23. The van der Waals surface area contributed by atoms with E-state index in [-0.39, 0.29) is 6.03 Å². The van der Waals surface area contributed by atoms with Crippen molar-refractivity contribution in [3.8, 4) is 5.75 Å². The van der Waals surface area contributed by atoms with Crippen LogP contribution in [0.2, 0.25) is 0 Å². The first kappa shape index (κ1) is 20.8. The minimum absolute atomic E-state index is 0.334. The van der Waals surface area contributed by atoms with Gasteiger partial charge in [0.25, 0.3) is 0 Å². The molecule has 0 saturated heterocycles. The second-order valence-corrected chi connectivity index (χ2v) is 6.57. The zero-order valence-corrected chi connectivity index (χ0v) is 16.5. The van der Waals surface area contributed by atoms with Crippen molar-refractivity contribution in [2.75, 3.05) is 13.7 Å². The third-order valence-corrected chi connectivity index (χ3v) is 4.65. The summed E-state index contributed by atoms with van der Waals surface area (Å²) < 4.78 is 10.9. The van der Waals surface area contributed by atoms with Gasteiger partial charge in [0, 0.05) is 11.3 Å². The smallest absolute Gasteiger partial charge is 0.337 e. The fraction of sp³-hybridized carbons (Fsp3) is 0.524. The molecule has 2 rings (SSSR count). The van der Waals surface area contributed by atoms with E-state index in [2.05, 4.69) is 17.6 Å². The Balaban J connectivity index is 2.22. The van der Waals surface area contributed by atoms with Crippen LogP contribution in [0.15, 0.2) is 35.5 Å². The number of rotatable bonds is 10. The quantitative estimate of drug-likeness (QED) is 0.475. The first-order valence-corrected chi connectivity index (χ1v) is 9.72. The van der Waals surface area contributed by atoms with Gasteiger partial charge in [0.15, 0.2) is 0 Å². The number of benzene rings is 1. The molecule has 1 unspecified atom stereocenters. The number of allylic oxidation sites excluding steroid dienone is 1. The molecule has 0 spiro atoms. The Morgan fingerprint density at radius 3 is 2.56 bits per heavy atom. The summed E-state index contributed by atoms with van der Waals surface area (Å²) in [5, 5.41) is 5.54. The van der Waals surface area contributed by atoms with Gasteiger partial charge in [-0.05, 0) is 18.9 Å². The molecule has 6 nitrogen and oxygen atoms in total. The molecular formula is C21H30N2O4. The number of hydrogen-bond acceptors (Lipinski definition) is 4. The molecule has 148 valence electrons. The summed E-state index contributed by atoms with van der Waals surface area (Å²) in [6, 6.07) is 6.57. The highest BCUT2D eigenvalue weighted by Crippen LogP contribution is 2.34. The second-order valence-electron chi connectivity index (χ2n) is 6.57. The zero-order valence-electron chi connectivity index (χ0n) is 16.5. The van der Waals surface area contributed by atoms with E-state index in [1.165, 1.54) is 26.4 Å². The number of esters is 1. The average Bonchev–Trinajstić information content (AvgIpc) is 2.69. The van der Waals surface area contributed by atoms with Gasteiger partial charge in [0.05, 0.1) is 25.3 Å². The number of hydrogen-bond donors (Lipinski definition) is 2. The largest absolute Gasteiger partial charge is 0.493 e. The van der Waals surface area contributed by atoms with Crippen LogP contribution in [-0.4, -0.2) is 25.7 Å². The number of ether oxygens (including phenoxy) is 2. The average molecular weight is 374 g/mol. The van der Waals surface area contributed by atoms with Crippen LogP contribution in [0.3, 0.4) is 0 Å². The maximum Gasteiger partial charge on any atom is 0.337 e. The van der Waals surface area contributed by atoms with Gasteiger partial charge >= 0.3 is 12.0 Å². The van der Waals surface area contributed by atoms with Gasteiger partial charge in [-0.2, -0.15) is 0 Å². The molecule has 2 N–H and O–H groups in total. The van der Waals surface area contributed by atoms with E-state index >= 15 is 0 Å². The fourth-order valence-electron chi connectivity index (χ4n) is 3.22. The summed E-state index contributed by atoms with van der Waals surface area (Å²) >= 11 is 0. The fourth-order valence-corrected chi connectivity index (χ4v) is 3.22. The minimum atomic E-state index is -0.600. The van der Waals surface area contributed by atoms with Crippen molar-refractivity contribution < 1.29 is 19.1 Å². The van der Waals surface area contributed by atoms with Crippen LogP contribution in [0, 0.1) is 0 Å². The van der Waals surface area contributed by atoms with Gasteiger partial charge in [-0.15, -0.1) is 0 Å². The molecule has 1 heterocycles. The maximum absolute atomic E-state index is 12.4. The van der Waals surface area contributed by atoms with Gasteiger partial charge in [-0.1, -0.05) is 57.7 Å². The number of amides is 2. The monoisotopic (exact) mass is 374 g/mol. The molecule has 1 aliphatic rings. The minimum Gasteiger partial charge on any atom is -0.493 e. The maximum atomic E-state index is 12.4. The summed E-state index contributed by atoms with van der Waals surface area (Å²) in [7, 11) is 1.34. The number of methoxy groups -OCH3 is 1. The molecule has 0 saturated carbocycles. The zero-order chi connectivity index (χ0) is 19.6. The number of nitrogens with one attached hydrogen (secondary N) is 2. The van der Waals surface area contributed by atoms with Crippen LogP contribution in [0.25, 0.3) is 0 Å². The Bertz CT molecular complexity index is 685. The lowest BCUT2D eigenvalue weighted by molar-refractivity contribution is -0.136. The molecule has 1 aliphatic heterocycles. The van der Waals surface area contributed by atoms with Gasteiger partial charge in [-0.25, -0.2) is 9.59 Å². The number of carbonyl (C=O) groups is 2. The Morgan fingerprint density at radius 1 is 1.11 bits per heavy atom. The molecule has 27 heavy (non-hydrogen) atoms. The molecule has 1 aromatic rings. The van der Waals surface area contributed by atoms with Gasteiger partial charge in [0.2, 0.25) is 0 Å². The van der Waals surface area contributed by atoms with Crippen molar-refractivity contribution in [2.24, 2.45) is 0 Å². The van der Waals surface area contributed by atoms with Crippen LogP contribution >= 0.6 is 0 Å². The van der Waals surface area contributed by atoms with Crippen LogP contribution in [0.4, 0.5) is 4.79 Å². The molecule has 0 bridgehead atoms. The van der Waals surface area contributed by atoms with E-state index in [4.69, 9.17) is 9.47 Å².